The monoisotopic (exact) mass is 412 g/mol. The third-order valence-electron chi connectivity index (χ3n) is 4.50. The van der Waals surface area contributed by atoms with E-state index in [1.165, 1.54) is 13.0 Å². The van der Waals surface area contributed by atoms with Crippen molar-refractivity contribution in [2.45, 2.75) is 32.6 Å². The summed E-state index contributed by atoms with van der Waals surface area (Å²) in [6.45, 7) is 4.83. The van der Waals surface area contributed by atoms with Crippen LogP contribution in [0.25, 0.3) is 11.1 Å². The highest BCUT2D eigenvalue weighted by Gasteiger charge is 2.08. The van der Waals surface area contributed by atoms with Crippen molar-refractivity contribution < 1.29 is 28.2 Å². The Morgan fingerprint density at radius 2 is 1.63 bits per heavy atom. The number of carbonyl (C=O) groups excluding carboxylic acids is 3. The summed E-state index contributed by atoms with van der Waals surface area (Å²) in [5.74, 6) is -2.25. The van der Waals surface area contributed by atoms with Crippen LogP contribution in [0.2, 0.25) is 0 Å². The molecule has 0 bridgehead atoms. The highest BCUT2D eigenvalue weighted by molar-refractivity contribution is 6.32. The standard InChI is InChI=1S/C24H25FO5/c1-3-23(27)29-15-13-20-11-12-21(16-22(20)25)19-9-7-18(8-10-19)6-4-5-14-30-24(28)17(2)26/h3,7-12,16H,1,4-6,13-15H2,2H3. The molecule has 2 aromatic rings. The fourth-order valence-corrected chi connectivity index (χ4v) is 2.81. The van der Waals surface area contributed by atoms with E-state index in [2.05, 4.69) is 6.58 Å². The van der Waals surface area contributed by atoms with Crippen LogP contribution in [-0.2, 0) is 36.7 Å². The number of rotatable bonds is 11. The van der Waals surface area contributed by atoms with Gasteiger partial charge in [-0.25, -0.2) is 14.0 Å². The Morgan fingerprint density at radius 3 is 2.27 bits per heavy atom. The minimum Gasteiger partial charge on any atom is -0.462 e. The predicted molar refractivity (Wildman–Crippen MR) is 111 cm³/mol. The van der Waals surface area contributed by atoms with Crippen molar-refractivity contribution in [1.29, 1.82) is 0 Å². The molecule has 0 fully saturated rings. The smallest absolute Gasteiger partial charge is 0.374 e. The summed E-state index contributed by atoms with van der Waals surface area (Å²) >= 11 is 0. The lowest BCUT2D eigenvalue weighted by molar-refractivity contribution is -0.153. The highest BCUT2D eigenvalue weighted by atomic mass is 19.1. The van der Waals surface area contributed by atoms with Gasteiger partial charge in [0.2, 0.25) is 5.78 Å². The fourth-order valence-electron chi connectivity index (χ4n) is 2.81. The molecule has 2 aromatic carbocycles. The predicted octanol–water partition coefficient (Wildman–Crippen LogP) is 4.22. The second-order valence-corrected chi connectivity index (χ2v) is 6.77. The molecule has 0 unspecified atom stereocenters. The molecule has 0 saturated carbocycles. The van der Waals surface area contributed by atoms with Gasteiger partial charge in [-0.15, -0.1) is 0 Å². The summed E-state index contributed by atoms with van der Waals surface area (Å²) < 4.78 is 24.1. The van der Waals surface area contributed by atoms with Crippen LogP contribution in [0, 0.1) is 5.82 Å². The zero-order valence-corrected chi connectivity index (χ0v) is 17.0. The number of halogens is 1. The van der Waals surface area contributed by atoms with E-state index in [0.717, 1.165) is 35.6 Å². The van der Waals surface area contributed by atoms with Crippen LogP contribution in [0.3, 0.4) is 0 Å². The Labute approximate surface area is 175 Å². The van der Waals surface area contributed by atoms with Gasteiger partial charge in [-0.3, -0.25) is 4.79 Å². The molecular weight excluding hydrogens is 387 g/mol. The van der Waals surface area contributed by atoms with E-state index in [4.69, 9.17) is 9.47 Å². The molecule has 0 heterocycles. The maximum atomic E-state index is 14.3. The first kappa shape index (κ1) is 23.0. The van der Waals surface area contributed by atoms with E-state index in [9.17, 15) is 18.8 Å². The van der Waals surface area contributed by atoms with E-state index in [0.29, 0.717) is 18.4 Å². The van der Waals surface area contributed by atoms with Crippen LogP contribution in [0.15, 0.2) is 55.1 Å². The average molecular weight is 412 g/mol. The number of unbranched alkanes of at least 4 members (excludes halogenated alkanes) is 1. The quantitative estimate of drug-likeness (QED) is 0.239. The van der Waals surface area contributed by atoms with Crippen molar-refractivity contribution in [3.63, 3.8) is 0 Å². The number of ether oxygens (including phenoxy) is 2. The van der Waals surface area contributed by atoms with Gasteiger partial charge in [0.05, 0.1) is 13.2 Å². The summed E-state index contributed by atoms with van der Waals surface area (Å²) in [6, 6.07) is 12.9. The Kier molecular flexibility index (Phi) is 8.94. The molecular formula is C24H25FO5. The first-order valence-electron chi connectivity index (χ1n) is 9.75. The SMILES string of the molecule is C=CC(=O)OCCc1ccc(-c2ccc(CCCCOC(=O)C(C)=O)cc2)cc1F. The Bertz CT molecular complexity index is 902. The van der Waals surface area contributed by atoms with Gasteiger partial charge >= 0.3 is 11.9 Å². The molecule has 0 spiro atoms. The number of benzene rings is 2. The highest BCUT2D eigenvalue weighted by Crippen LogP contribution is 2.23. The third kappa shape index (κ3) is 7.28. The largest absolute Gasteiger partial charge is 0.462 e. The summed E-state index contributed by atoms with van der Waals surface area (Å²) in [4.78, 5) is 32.9. The molecule has 0 saturated heterocycles. The van der Waals surface area contributed by atoms with Crippen LogP contribution >= 0.6 is 0 Å². The number of ketones is 1. The van der Waals surface area contributed by atoms with Gasteiger partial charge in [0.1, 0.15) is 5.82 Å². The minimum absolute atomic E-state index is 0.101. The van der Waals surface area contributed by atoms with E-state index in [-0.39, 0.29) is 19.0 Å². The minimum atomic E-state index is -0.796. The van der Waals surface area contributed by atoms with Crippen LogP contribution in [0.1, 0.15) is 30.9 Å². The van der Waals surface area contributed by atoms with Crippen molar-refractivity contribution in [3.05, 3.63) is 72.1 Å². The van der Waals surface area contributed by atoms with E-state index in [1.54, 1.807) is 6.07 Å². The lowest BCUT2D eigenvalue weighted by atomic mass is 10.00. The van der Waals surface area contributed by atoms with E-state index < -0.39 is 17.7 Å². The second kappa shape index (κ2) is 11.7. The molecule has 0 radical (unpaired) electrons. The fraction of sp³-hybridized carbons (Fsp3) is 0.292. The zero-order chi connectivity index (χ0) is 21.9. The molecule has 0 N–H and O–H groups in total. The first-order valence-corrected chi connectivity index (χ1v) is 9.75. The van der Waals surface area contributed by atoms with Gasteiger partial charge < -0.3 is 9.47 Å². The summed E-state index contributed by atoms with van der Waals surface area (Å²) in [6.07, 6.45) is 3.69. The molecule has 6 heteroatoms. The molecule has 0 atom stereocenters. The topological polar surface area (TPSA) is 69.7 Å². The van der Waals surface area contributed by atoms with Crippen LogP contribution in [0.5, 0.6) is 0 Å². The van der Waals surface area contributed by atoms with Crippen molar-refractivity contribution >= 4 is 17.7 Å². The summed E-state index contributed by atoms with van der Waals surface area (Å²) in [5, 5.41) is 0. The molecule has 30 heavy (non-hydrogen) atoms. The van der Waals surface area contributed by atoms with Gasteiger partial charge in [-0.2, -0.15) is 0 Å². The number of aryl methyl sites for hydroxylation is 1. The lowest BCUT2D eigenvalue weighted by Gasteiger charge is -2.08. The Morgan fingerprint density at radius 1 is 0.933 bits per heavy atom. The Hall–Kier alpha value is -3.28. The second-order valence-electron chi connectivity index (χ2n) is 6.77. The maximum Gasteiger partial charge on any atom is 0.374 e. The van der Waals surface area contributed by atoms with Crippen molar-refractivity contribution in [3.8, 4) is 11.1 Å². The van der Waals surface area contributed by atoms with Gasteiger partial charge in [-0.05, 0) is 47.6 Å². The van der Waals surface area contributed by atoms with Crippen molar-refractivity contribution in [2.75, 3.05) is 13.2 Å². The van der Waals surface area contributed by atoms with Gasteiger partial charge in [0.15, 0.2) is 0 Å². The van der Waals surface area contributed by atoms with Gasteiger partial charge in [0, 0.05) is 19.4 Å². The molecule has 0 aliphatic carbocycles. The number of carbonyl (C=O) groups is 3. The Balaban J connectivity index is 1.84. The number of esters is 2. The van der Waals surface area contributed by atoms with Crippen LogP contribution < -0.4 is 0 Å². The van der Waals surface area contributed by atoms with Crippen molar-refractivity contribution in [1.82, 2.24) is 0 Å². The number of hydrogen-bond donors (Lipinski definition) is 0. The number of hydrogen-bond acceptors (Lipinski definition) is 5. The average Bonchev–Trinajstić information content (AvgIpc) is 2.74. The van der Waals surface area contributed by atoms with E-state index >= 15 is 0 Å². The van der Waals surface area contributed by atoms with Gasteiger partial charge in [0.25, 0.3) is 0 Å². The molecule has 2 rings (SSSR count). The number of Topliss-reactive ketones (excluding diaryl/α,β-unsaturated/α-hetero) is 1. The van der Waals surface area contributed by atoms with Gasteiger partial charge in [-0.1, -0.05) is 43.0 Å². The molecule has 0 aliphatic rings. The molecule has 0 aromatic heterocycles. The lowest BCUT2D eigenvalue weighted by Crippen LogP contribution is -2.14. The molecule has 158 valence electrons. The molecule has 5 nitrogen and oxygen atoms in total. The molecule has 0 amide bonds. The first-order chi connectivity index (χ1) is 14.4. The maximum absolute atomic E-state index is 14.3. The van der Waals surface area contributed by atoms with Crippen LogP contribution in [0.4, 0.5) is 4.39 Å². The van der Waals surface area contributed by atoms with E-state index in [1.807, 2.05) is 30.3 Å². The molecule has 0 aliphatic heterocycles. The normalized spacial score (nSPS) is 10.3. The summed E-state index contributed by atoms with van der Waals surface area (Å²) in [5.41, 5.74) is 3.27. The summed E-state index contributed by atoms with van der Waals surface area (Å²) in [7, 11) is 0. The zero-order valence-electron chi connectivity index (χ0n) is 17.0. The van der Waals surface area contributed by atoms with Crippen molar-refractivity contribution in [2.24, 2.45) is 0 Å². The van der Waals surface area contributed by atoms with Crippen LogP contribution in [-0.4, -0.2) is 30.9 Å². The third-order valence-corrected chi connectivity index (χ3v) is 4.50.